The molecule has 0 saturated carbocycles. The molecule has 1 atom stereocenters. The molecule has 1 aromatic rings. The van der Waals surface area contributed by atoms with Crippen molar-refractivity contribution in [2.75, 3.05) is 70.9 Å². The van der Waals surface area contributed by atoms with Gasteiger partial charge in [-0.1, -0.05) is 6.07 Å². The number of hydrogen-bond acceptors (Lipinski definition) is 5. The van der Waals surface area contributed by atoms with Gasteiger partial charge in [0.2, 0.25) is 10.0 Å². The molecule has 4 heterocycles. The van der Waals surface area contributed by atoms with Crippen LogP contribution in [0.5, 0.6) is 0 Å². The number of piperazine rings is 3. The average Bonchev–Trinajstić information content (AvgIpc) is 2.75. The van der Waals surface area contributed by atoms with Gasteiger partial charge in [-0.25, -0.2) is 8.42 Å². The topological polar surface area (TPSA) is 79.0 Å². The van der Waals surface area contributed by atoms with Crippen molar-refractivity contribution in [1.82, 2.24) is 9.21 Å². The SMILES string of the molecule is C[C@@H](C(=O)Nc1cccc(S(=O)(=O)N2CCOCC2)c1)[N+]12CCN(CC1)CC2. The molecule has 0 aliphatic carbocycles. The molecule has 4 saturated heterocycles. The molecule has 1 aromatic carbocycles. The van der Waals surface area contributed by atoms with Crippen molar-refractivity contribution in [3.63, 3.8) is 0 Å². The summed E-state index contributed by atoms with van der Waals surface area (Å²) in [6.45, 7) is 9.65. The van der Waals surface area contributed by atoms with Crippen molar-refractivity contribution < 1.29 is 22.4 Å². The van der Waals surface area contributed by atoms with E-state index < -0.39 is 10.0 Å². The highest BCUT2D eigenvalue weighted by molar-refractivity contribution is 7.89. The number of carbonyl (C=O) groups excluding carboxylic acids is 1. The van der Waals surface area contributed by atoms with E-state index in [-0.39, 0.29) is 16.8 Å². The third kappa shape index (κ3) is 3.69. The van der Waals surface area contributed by atoms with Gasteiger partial charge in [-0.2, -0.15) is 4.31 Å². The van der Waals surface area contributed by atoms with Crippen LogP contribution in [0.15, 0.2) is 29.2 Å². The van der Waals surface area contributed by atoms with E-state index in [1.165, 1.54) is 4.31 Å². The Morgan fingerprint density at radius 2 is 1.75 bits per heavy atom. The zero-order chi connectivity index (χ0) is 19.8. The lowest BCUT2D eigenvalue weighted by Crippen LogP contribution is -2.72. The van der Waals surface area contributed by atoms with Crippen LogP contribution in [0, 0.1) is 0 Å². The number of amides is 1. The lowest BCUT2D eigenvalue weighted by Gasteiger charge is -2.52. The number of sulfonamides is 1. The van der Waals surface area contributed by atoms with Gasteiger partial charge < -0.3 is 14.5 Å². The summed E-state index contributed by atoms with van der Waals surface area (Å²) in [5.41, 5.74) is 0.528. The Balaban J connectivity index is 1.48. The second-order valence-electron chi connectivity index (χ2n) is 7.94. The Morgan fingerprint density at radius 1 is 1.11 bits per heavy atom. The van der Waals surface area contributed by atoms with Crippen LogP contribution in [0.25, 0.3) is 0 Å². The zero-order valence-electron chi connectivity index (χ0n) is 16.3. The second kappa shape index (κ2) is 7.72. The third-order valence-electron chi connectivity index (χ3n) is 6.50. The quantitative estimate of drug-likeness (QED) is 0.702. The molecule has 8 nitrogen and oxygen atoms in total. The van der Waals surface area contributed by atoms with Crippen LogP contribution < -0.4 is 5.32 Å². The summed E-state index contributed by atoms with van der Waals surface area (Å²) >= 11 is 0. The van der Waals surface area contributed by atoms with E-state index in [1.54, 1.807) is 24.3 Å². The normalized spacial score (nSPS) is 29.4. The van der Waals surface area contributed by atoms with Gasteiger partial charge in [-0.15, -0.1) is 0 Å². The molecular weight excluding hydrogens is 380 g/mol. The Hall–Kier alpha value is -1.52. The van der Waals surface area contributed by atoms with E-state index in [1.807, 2.05) is 6.92 Å². The van der Waals surface area contributed by atoms with Crippen LogP contribution in [0.1, 0.15) is 6.92 Å². The minimum Gasteiger partial charge on any atom is -0.379 e. The van der Waals surface area contributed by atoms with Crippen molar-refractivity contribution in [2.24, 2.45) is 0 Å². The number of benzene rings is 1. The second-order valence-corrected chi connectivity index (χ2v) is 9.88. The van der Waals surface area contributed by atoms with Gasteiger partial charge in [-0.3, -0.25) is 9.69 Å². The minimum atomic E-state index is -3.58. The van der Waals surface area contributed by atoms with Crippen molar-refractivity contribution in [2.45, 2.75) is 17.9 Å². The van der Waals surface area contributed by atoms with Crippen LogP contribution in [-0.2, 0) is 19.6 Å². The molecule has 154 valence electrons. The van der Waals surface area contributed by atoms with E-state index in [2.05, 4.69) is 10.2 Å². The number of hydrogen-bond donors (Lipinski definition) is 1. The largest absolute Gasteiger partial charge is 0.379 e. The highest BCUT2D eigenvalue weighted by atomic mass is 32.2. The molecule has 9 heteroatoms. The van der Waals surface area contributed by atoms with Crippen LogP contribution in [0.3, 0.4) is 0 Å². The van der Waals surface area contributed by atoms with Gasteiger partial charge in [0.05, 0.1) is 37.7 Å². The smallest absolute Gasteiger partial charge is 0.282 e. The number of ether oxygens (including phenoxy) is 1. The standard InChI is InChI=1S/C19H28N4O4S/c1-16(23-10-5-21(6-11-23)7-12-23)19(24)20-17-3-2-4-18(15-17)28(25,26)22-8-13-27-14-9-22/h2-4,15-16H,5-14H2,1H3/p+1/t16-/m0/s1. The van der Waals surface area contributed by atoms with Gasteiger partial charge in [0.15, 0.2) is 6.04 Å². The molecule has 2 bridgehead atoms. The first kappa shape index (κ1) is 19.8. The molecule has 4 aliphatic heterocycles. The first-order valence-corrected chi connectivity index (χ1v) is 11.4. The predicted molar refractivity (Wildman–Crippen MR) is 105 cm³/mol. The molecule has 1 amide bonds. The maximum absolute atomic E-state index is 12.9. The molecule has 0 spiro atoms. The summed E-state index contributed by atoms with van der Waals surface area (Å²) in [6.07, 6.45) is 0. The van der Waals surface area contributed by atoms with Gasteiger partial charge in [0.1, 0.15) is 0 Å². The lowest BCUT2D eigenvalue weighted by molar-refractivity contribution is -0.953. The number of quaternary nitrogens is 1. The van der Waals surface area contributed by atoms with Crippen molar-refractivity contribution in [3.8, 4) is 0 Å². The Labute approximate surface area is 166 Å². The first-order chi connectivity index (χ1) is 13.4. The first-order valence-electron chi connectivity index (χ1n) is 9.98. The summed E-state index contributed by atoms with van der Waals surface area (Å²) in [7, 11) is -3.58. The minimum absolute atomic E-state index is 0.0451. The summed E-state index contributed by atoms with van der Waals surface area (Å²) in [6, 6.07) is 6.41. The number of nitrogens with zero attached hydrogens (tertiary/aromatic N) is 3. The number of fused-ring (bicyclic) bond motifs is 3. The Kier molecular flexibility index (Phi) is 5.45. The fourth-order valence-electron chi connectivity index (χ4n) is 4.44. The lowest BCUT2D eigenvalue weighted by atomic mass is 10.1. The van der Waals surface area contributed by atoms with Crippen LogP contribution in [0.2, 0.25) is 0 Å². The molecule has 0 unspecified atom stereocenters. The Morgan fingerprint density at radius 3 is 2.39 bits per heavy atom. The van der Waals surface area contributed by atoms with Gasteiger partial charge >= 0.3 is 0 Å². The Bertz CT molecular complexity index is 816. The number of anilines is 1. The number of morpholine rings is 1. The molecular formula is C19H29N4O4S+. The van der Waals surface area contributed by atoms with E-state index in [4.69, 9.17) is 4.74 Å². The molecule has 0 radical (unpaired) electrons. The highest BCUT2D eigenvalue weighted by Gasteiger charge is 2.45. The van der Waals surface area contributed by atoms with Crippen molar-refractivity contribution >= 4 is 21.6 Å². The van der Waals surface area contributed by atoms with E-state index in [9.17, 15) is 13.2 Å². The zero-order valence-corrected chi connectivity index (χ0v) is 17.2. The van der Waals surface area contributed by atoms with E-state index in [0.29, 0.717) is 32.0 Å². The average molecular weight is 410 g/mol. The van der Waals surface area contributed by atoms with Crippen LogP contribution in [0.4, 0.5) is 5.69 Å². The molecule has 4 fully saturated rings. The molecule has 5 rings (SSSR count). The summed E-state index contributed by atoms with van der Waals surface area (Å²) in [5, 5.41) is 2.95. The maximum atomic E-state index is 12.9. The third-order valence-corrected chi connectivity index (χ3v) is 8.39. The summed E-state index contributed by atoms with van der Waals surface area (Å²) in [5.74, 6) is -0.0451. The fraction of sp³-hybridized carbons (Fsp3) is 0.632. The monoisotopic (exact) mass is 409 g/mol. The van der Waals surface area contributed by atoms with Crippen molar-refractivity contribution in [1.29, 1.82) is 0 Å². The van der Waals surface area contributed by atoms with E-state index in [0.717, 1.165) is 43.8 Å². The molecule has 28 heavy (non-hydrogen) atoms. The predicted octanol–water partition coefficient (Wildman–Crippen LogP) is 0.181. The number of carbonyl (C=O) groups is 1. The van der Waals surface area contributed by atoms with Crippen LogP contribution >= 0.6 is 0 Å². The summed E-state index contributed by atoms with van der Waals surface area (Å²) < 4.78 is 33.2. The van der Waals surface area contributed by atoms with Crippen LogP contribution in [-0.4, -0.2) is 99.6 Å². The molecule has 4 aliphatic rings. The number of nitrogens with one attached hydrogen (secondary N) is 1. The number of rotatable bonds is 5. The molecule has 1 N–H and O–H groups in total. The summed E-state index contributed by atoms with van der Waals surface area (Å²) in [4.78, 5) is 15.6. The van der Waals surface area contributed by atoms with Crippen molar-refractivity contribution in [3.05, 3.63) is 24.3 Å². The van der Waals surface area contributed by atoms with Gasteiger partial charge in [-0.05, 0) is 25.1 Å². The highest BCUT2D eigenvalue weighted by Crippen LogP contribution is 2.25. The van der Waals surface area contributed by atoms with Gasteiger partial charge in [0.25, 0.3) is 5.91 Å². The molecule has 0 aromatic heterocycles. The fourth-order valence-corrected chi connectivity index (χ4v) is 5.89. The van der Waals surface area contributed by atoms with E-state index >= 15 is 0 Å². The maximum Gasteiger partial charge on any atom is 0.282 e. The van der Waals surface area contributed by atoms with Gasteiger partial charge in [0, 0.05) is 38.4 Å².